The minimum Gasteiger partial charge on any atom is -0.492 e. The number of allylic oxidation sites excluding steroid dienone is 1. The lowest BCUT2D eigenvalue weighted by Gasteiger charge is -2.28. The highest BCUT2D eigenvalue weighted by molar-refractivity contribution is 7.98. The number of hydrogen-bond donors (Lipinski definition) is 2. The van der Waals surface area contributed by atoms with Gasteiger partial charge < -0.3 is 15.4 Å². The molecule has 0 saturated carbocycles. The summed E-state index contributed by atoms with van der Waals surface area (Å²) in [6.45, 7) is 4.26. The lowest BCUT2D eigenvalue weighted by molar-refractivity contribution is -0.113. The summed E-state index contributed by atoms with van der Waals surface area (Å²) in [5, 5.41) is 12.3. The number of para-hydroxylation sites is 2. The molecule has 0 radical (unpaired) electrons. The van der Waals surface area contributed by atoms with Crippen LogP contribution in [0.15, 0.2) is 89.5 Å². The van der Waals surface area contributed by atoms with Gasteiger partial charge in [-0.05, 0) is 49.2 Å². The van der Waals surface area contributed by atoms with Crippen LogP contribution >= 0.6 is 23.4 Å². The van der Waals surface area contributed by atoms with Crippen LogP contribution in [0.5, 0.6) is 5.75 Å². The average Bonchev–Trinajstić information content (AvgIpc) is 3.31. The summed E-state index contributed by atoms with van der Waals surface area (Å²) in [4.78, 5) is 22.7. The van der Waals surface area contributed by atoms with E-state index < -0.39 is 6.04 Å². The molecule has 10 heteroatoms. The van der Waals surface area contributed by atoms with Crippen molar-refractivity contribution in [1.29, 1.82) is 0 Å². The van der Waals surface area contributed by atoms with Crippen molar-refractivity contribution in [3.63, 3.8) is 0 Å². The maximum absolute atomic E-state index is 13.7. The van der Waals surface area contributed by atoms with Crippen molar-refractivity contribution in [2.45, 2.75) is 30.8 Å². The molecule has 1 unspecified atom stereocenters. The zero-order chi connectivity index (χ0) is 25.8. The first-order valence-corrected chi connectivity index (χ1v) is 13.1. The fourth-order valence-electron chi connectivity index (χ4n) is 4.13. The number of pyridine rings is 1. The van der Waals surface area contributed by atoms with Crippen molar-refractivity contribution in [1.82, 2.24) is 19.7 Å². The number of aromatic nitrogens is 4. The van der Waals surface area contributed by atoms with E-state index in [0.29, 0.717) is 51.2 Å². The number of nitrogens with zero attached hydrogens (tertiary/aromatic N) is 4. The van der Waals surface area contributed by atoms with Gasteiger partial charge in [-0.1, -0.05) is 59.8 Å². The van der Waals surface area contributed by atoms with Gasteiger partial charge in [0.1, 0.15) is 11.8 Å². The Bertz CT molecular complexity index is 1460. The van der Waals surface area contributed by atoms with Gasteiger partial charge in [-0.25, -0.2) is 4.68 Å². The zero-order valence-corrected chi connectivity index (χ0v) is 21.9. The van der Waals surface area contributed by atoms with Crippen LogP contribution in [0, 0.1) is 0 Å². The van der Waals surface area contributed by atoms with Gasteiger partial charge in [0, 0.05) is 28.9 Å². The van der Waals surface area contributed by atoms with E-state index >= 15 is 0 Å². The number of carbonyl (C=O) groups excluding carboxylic acids is 1. The second-order valence-corrected chi connectivity index (χ2v) is 9.63. The SMILES string of the molecule is CCOc1ccccc1NC(=O)C1=C(C)Nc2nc(SCc3ccccc3Cl)nn2C1c1cccnc1. The molecule has 8 nitrogen and oxygen atoms in total. The van der Waals surface area contributed by atoms with E-state index in [-0.39, 0.29) is 5.91 Å². The smallest absolute Gasteiger partial charge is 0.255 e. The third kappa shape index (κ3) is 5.33. The van der Waals surface area contributed by atoms with Gasteiger partial charge in [0.2, 0.25) is 11.1 Å². The van der Waals surface area contributed by atoms with Gasteiger partial charge in [-0.3, -0.25) is 9.78 Å². The van der Waals surface area contributed by atoms with E-state index in [1.165, 1.54) is 11.8 Å². The second-order valence-electron chi connectivity index (χ2n) is 8.28. The highest BCUT2D eigenvalue weighted by Gasteiger charge is 2.34. The lowest BCUT2D eigenvalue weighted by atomic mass is 9.96. The Hall–Kier alpha value is -3.82. The number of nitrogens with one attached hydrogen (secondary N) is 2. The Labute approximate surface area is 224 Å². The van der Waals surface area contributed by atoms with Crippen LogP contribution in [0.1, 0.15) is 31.0 Å². The average molecular weight is 533 g/mol. The first-order valence-electron chi connectivity index (χ1n) is 11.8. The largest absolute Gasteiger partial charge is 0.492 e. The van der Waals surface area contributed by atoms with Gasteiger partial charge in [-0.15, -0.1) is 5.10 Å². The molecule has 1 aliphatic rings. The van der Waals surface area contributed by atoms with E-state index in [1.54, 1.807) is 17.1 Å². The molecule has 0 fully saturated rings. The van der Waals surface area contributed by atoms with Crippen LogP contribution in [-0.2, 0) is 10.5 Å². The van der Waals surface area contributed by atoms with Crippen LogP contribution in [0.25, 0.3) is 0 Å². The van der Waals surface area contributed by atoms with Crippen LogP contribution in [0.2, 0.25) is 5.02 Å². The highest BCUT2D eigenvalue weighted by atomic mass is 35.5. The third-order valence-corrected chi connectivity index (χ3v) is 7.08. The Balaban J connectivity index is 1.47. The first kappa shape index (κ1) is 24.9. The molecule has 37 heavy (non-hydrogen) atoms. The Morgan fingerprint density at radius 1 is 1.16 bits per heavy atom. The minimum atomic E-state index is -0.522. The molecular formula is C27H25ClN6O2S. The van der Waals surface area contributed by atoms with E-state index in [1.807, 2.05) is 74.5 Å². The number of amides is 1. The fraction of sp³-hybridized carbons (Fsp3) is 0.185. The summed E-state index contributed by atoms with van der Waals surface area (Å²) in [7, 11) is 0. The number of carbonyl (C=O) groups is 1. The van der Waals surface area contributed by atoms with Crippen LogP contribution in [0.4, 0.5) is 11.6 Å². The molecule has 0 spiro atoms. The van der Waals surface area contributed by atoms with Gasteiger partial charge >= 0.3 is 0 Å². The molecule has 0 saturated heterocycles. The van der Waals surface area contributed by atoms with E-state index in [4.69, 9.17) is 26.4 Å². The van der Waals surface area contributed by atoms with E-state index in [2.05, 4.69) is 15.6 Å². The molecule has 1 amide bonds. The number of rotatable bonds is 8. The van der Waals surface area contributed by atoms with Gasteiger partial charge in [0.05, 0.1) is 17.9 Å². The summed E-state index contributed by atoms with van der Waals surface area (Å²) in [5.41, 5.74) is 3.61. The molecule has 2 aromatic carbocycles. The molecule has 188 valence electrons. The third-order valence-electron chi connectivity index (χ3n) is 5.83. The van der Waals surface area contributed by atoms with Crippen molar-refractivity contribution >= 4 is 40.9 Å². The van der Waals surface area contributed by atoms with Crippen molar-refractivity contribution in [2.24, 2.45) is 0 Å². The minimum absolute atomic E-state index is 0.266. The summed E-state index contributed by atoms with van der Waals surface area (Å²) in [6.07, 6.45) is 3.44. The summed E-state index contributed by atoms with van der Waals surface area (Å²) < 4.78 is 7.44. The molecule has 2 N–H and O–H groups in total. The van der Waals surface area contributed by atoms with E-state index in [0.717, 1.165) is 11.1 Å². The normalized spacial score (nSPS) is 14.6. The van der Waals surface area contributed by atoms with Crippen LogP contribution < -0.4 is 15.4 Å². The first-order chi connectivity index (χ1) is 18.0. The maximum Gasteiger partial charge on any atom is 0.255 e. The van der Waals surface area contributed by atoms with Crippen LogP contribution in [-0.4, -0.2) is 32.3 Å². The van der Waals surface area contributed by atoms with Crippen molar-refractivity contribution in [3.8, 4) is 5.75 Å². The predicted octanol–water partition coefficient (Wildman–Crippen LogP) is 5.95. The number of fused-ring (bicyclic) bond motifs is 1. The zero-order valence-electron chi connectivity index (χ0n) is 20.3. The van der Waals surface area contributed by atoms with Crippen molar-refractivity contribution in [3.05, 3.63) is 100 Å². The number of benzene rings is 2. The maximum atomic E-state index is 13.7. The predicted molar refractivity (Wildman–Crippen MR) is 146 cm³/mol. The molecule has 0 bridgehead atoms. The second kappa shape index (κ2) is 11.1. The lowest BCUT2D eigenvalue weighted by Crippen LogP contribution is -2.31. The molecule has 4 aromatic rings. The molecule has 3 heterocycles. The summed E-state index contributed by atoms with van der Waals surface area (Å²) >= 11 is 7.81. The highest BCUT2D eigenvalue weighted by Crippen LogP contribution is 2.37. The quantitative estimate of drug-likeness (QED) is 0.271. The summed E-state index contributed by atoms with van der Waals surface area (Å²) in [5.74, 6) is 1.52. The van der Waals surface area contributed by atoms with Gasteiger partial charge in [-0.2, -0.15) is 4.98 Å². The number of anilines is 2. The summed E-state index contributed by atoms with van der Waals surface area (Å²) in [6, 6.07) is 18.3. The Morgan fingerprint density at radius 3 is 2.76 bits per heavy atom. The standard InChI is InChI=1S/C27H25ClN6O2S/c1-3-36-22-13-7-6-12-21(22)31-25(35)23-17(2)30-26-32-27(37-16-19-9-4-5-11-20(19)28)33-34(26)24(23)18-10-8-14-29-15-18/h4-15,24H,3,16H2,1-2H3,(H,31,35)(H,30,32,33). The number of thioether (sulfide) groups is 1. The number of ether oxygens (including phenoxy) is 1. The monoisotopic (exact) mass is 532 g/mol. The van der Waals surface area contributed by atoms with Crippen molar-refractivity contribution < 1.29 is 9.53 Å². The Morgan fingerprint density at radius 2 is 1.97 bits per heavy atom. The van der Waals surface area contributed by atoms with Gasteiger partial charge in [0.25, 0.3) is 5.91 Å². The number of halogens is 1. The van der Waals surface area contributed by atoms with Crippen LogP contribution in [0.3, 0.4) is 0 Å². The molecular weight excluding hydrogens is 508 g/mol. The number of hydrogen-bond acceptors (Lipinski definition) is 7. The Kier molecular flexibility index (Phi) is 7.43. The van der Waals surface area contributed by atoms with Gasteiger partial charge in [0.15, 0.2) is 0 Å². The molecule has 1 atom stereocenters. The topological polar surface area (TPSA) is 94.0 Å². The fourth-order valence-corrected chi connectivity index (χ4v) is 5.25. The molecule has 5 rings (SSSR count). The molecule has 0 aliphatic carbocycles. The molecule has 1 aliphatic heterocycles. The molecule has 2 aromatic heterocycles. The van der Waals surface area contributed by atoms with Crippen molar-refractivity contribution in [2.75, 3.05) is 17.2 Å². The van der Waals surface area contributed by atoms with E-state index in [9.17, 15) is 4.79 Å².